The summed E-state index contributed by atoms with van der Waals surface area (Å²) in [5.74, 6) is -0.266. The van der Waals surface area contributed by atoms with Crippen LogP contribution in [0.1, 0.15) is 20.3 Å². The van der Waals surface area contributed by atoms with Gasteiger partial charge in [0.25, 0.3) is 5.91 Å². The lowest BCUT2D eigenvalue weighted by Gasteiger charge is -2.37. The van der Waals surface area contributed by atoms with Gasteiger partial charge < -0.3 is 4.74 Å². The van der Waals surface area contributed by atoms with Crippen molar-refractivity contribution in [2.75, 3.05) is 18.0 Å². The number of carbonyl (C=O) groups excluding carboxylic acids is 2. The van der Waals surface area contributed by atoms with Crippen LogP contribution in [0.2, 0.25) is 0 Å². The van der Waals surface area contributed by atoms with Crippen molar-refractivity contribution in [2.45, 2.75) is 38.5 Å². The van der Waals surface area contributed by atoms with Crippen LogP contribution in [0.15, 0.2) is 28.7 Å². The van der Waals surface area contributed by atoms with Crippen LogP contribution in [0.25, 0.3) is 0 Å². The molecule has 0 unspecified atom stereocenters. The highest BCUT2D eigenvalue weighted by Gasteiger charge is 2.44. The number of rotatable bonds is 2. The summed E-state index contributed by atoms with van der Waals surface area (Å²) in [5, 5.41) is 0. The summed E-state index contributed by atoms with van der Waals surface area (Å²) in [7, 11) is 0. The predicted octanol–water partition coefficient (Wildman–Crippen LogP) is 2.19. The van der Waals surface area contributed by atoms with Gasteiger partial charge in [-0.1, -0.05) is 15.9 Å². The number of amides is 2. The van der Waals surface area contributed by atoms with Gasteiger partial charge in [-0.15, -0.1) is 0 Å². The smallest absolute Gasteiger partial charge is 0.251 e. The molecule has 1 aromatic rings. The Morgan fingerprint density at radius 1 is 1.09 bits per heavy atom. The van der Waals surface area contributed by atoms with Crippen molar-refractivity contribution < 1.29 is 14.3 Å². The Hall–Kier alpha value is -1.24. The van der Waals surface area contributed by atoms with Crippen molar-refractivity contribution in [1.82, 2.24) is 4.90 Å². The van der Waals surface area contributed by atoms with E-state index in [1.807, 2.05) is 26.0 Å². The Labute approximate surface area is 138 Å². The van der Waals surface area contributed by atoms with Crippen molar-refractivity contribution in [3.8, 4) is 0 Å². The number of anilines is 1. The summed E-state index contributed by atoms with van der Waals surface area (Å²) in [4.78, 5) is 28.4. The molecule has 0 bridgehead atoms. The summed E-state index contributed by atoms with van der Waals surface area (Å²) in [6.45, 7) is 5.36. The van der Waals surface area contributed by atoms with E-state index in [1.54, 1.807) is 12.1 Å². The highest BCUT2D eigenvalue weighted by molar-refractivity contribution is 9.10. The molecular weight excluding hydrogens is 348 g/mol. The molecule has 5 nitrogen and oxygen atoms in total. The van der Waals surface area contributed by atoms with E-state index in [1.165, 1.54) is 4.90 Å². The lowest BCUT2D eigenvalue weighted by Crippen LogP contribution is -2.52. The standard InChI is InChI=1S/C16H19BrN2O3/c1-10-8-18(9-11(2)22-10)14-7-15(20)19(16(14)21)13-5-3-12(17)4-6-13/h3-6,10-11,14H,7-9H2,1-2H3/t10-,11+,14-/m1/s1. The second kappa shape index (κ2) is 6.10. The maximum absolute atomic E-state index is 12.7. The third-order valence-electron chi connectivity index (χ3n) is 4.10. The lowest BCUT2D eigenvalue weighted by atomic mass is 10.1. The number of benzene rings is 1. The van der Waals surface area contributed by atoms with E-state index in [-0.39, 0.29) is 36.5 Å². The number of ether oxygens (including phenoxy) is 1. The maximum atomic E-state index is 12.7. The molecule has 3 rings (SSSR count). The molecule has 2 heterocycles. The van der Waals surface area contributed by atoms with Crippen LogP contribution in [0, 0.1) is 0 Å². The largest absolute Gasteiger partial charge is 0.373 e. The zero-order valence-electron chi connectivity index (χ0n) is 12.7. The van der Waals surface area contributed by atoms with Crippen LogP contribution in [0.5, 0.6) is 0 Å². The molecule has 2 amide bonds. The highest BCUT2D eigenvalue weighted by atomic mass is 79.9. The minimum absolute atomic E-state index is 0.0772. The Balaban J connectivity index is 1.80. The van der Waals surface area contributed by atoms with Crippen LogP contribution >= 0.6 is 15.9 Å². The molecule has 0 radical (unpaired) electrons. The van der Waals surface area contributed by atoms with E-state index in [4.69, 9.17) is 4.74 Å². The Kier molecular flexibility index (Phi) is 4.34. The predicted molar refractivity (Wildman–Crippen MR) is 86.6 cm³/mol. The molecule has 2 fully saturated rings. The van der Waals surface area contributed by atoms with Gasteiger partial charge in [-0.3, -0.25) is 14.5 Å². The topological polar surface area (TPSA) is 49.9 Å². The average molecular weight is 367 g/mol. The molecule has 2 aliphatic heterocycles. The third-order valence-corrected chi connectivity index (χ3v) is 4.62. The SMILES string of the molecule is C[C@@H]1CN([C@@H]2CC(=O)N(c3ccc(Br)cc3)C2=O)C[C@H](C)O1. The molecule has 6 heteroatoms. The zero-order chi connectivity index (χ0) is 15.9. The number of nitrogens with zero attached hydrogens (tertiary/aromatic N) is 2. The highest BCUT2D eigenvalue weighted by Crippen LogP contribution is 2.28. The van der Waals surface area contributed by atoms with Gasteiger partial charge in [0.05, 0.1) is 30.4 Å². The Morgan fingerprint density at radius 2 is 1.68 bits per heavy atom. The van der Waals surface area contributed by atoms with Gasteiger partial charge >= 0.3 is 0 Å². The van der Waals surface area contributed by atoms with Gasteiger partial charge in [-0.05, 0) is 38.1 Å². The summed E-state index contributed by atoms with van der Waals surface area (Å²) in [5.41, 5.74) is 0.634. The van der Waals surface area contributed by atoms with Crippen LogP contribution in [-0.2, 0) is 14.3 Å². The Bertz CT molecular complexity index is 580. The molecule has 22 heavy (non-hydrogen) atoms. The van der Waals surface area contributed by atoms with Gasteiger partial charge in [0.15, 0.2) is 0 Å². The van der Waals surface area contributed by atoms with E-state index in [0.717, 1.165) is 4.47 Å². The van der Waals surface area contributed by atoms with Crippen molar-refractivity contribution in [3.05, 3.63) is 28.7 Å². The second-order valence-electron chi connectivity index (χ2n) is 5.97. The quantitative estimate of drug-likeness (QED) is 0.752. The van der Waals surface area contributed by atoms with Crippen LogP contribution in [0.3, 0.4) is 0 Å². The molecular formula is C16H19BrN2O3. The fourth-order valence-electron chi connectivity index (χ4n) is 3.23. The van der Waals surface area contributed by atoms with Gasteiger partial charge in [0.2, 0.25) is 5.91 Å². The minimum Gasteiger partial charge on any atom is -0.373 e. The molecule has 0 N–H and O–H groups in total. The van der Waals surface area contributed by atoms with Crippen LogP contribution in [0.4, 0.5) is 5.69 Å². The fourth-order valence-corrected chi connectivity index (χ4v) is 3.50. The first-order valence-corrected chi connectivity index (χ1v) is 8.27. The third kappa shape index (κ3) is 2.95. The Morgan fingerprint density at radius 3 is 2.27 bits per heavy atom. The number of hydrogen-bond donors (Lipinski definition) is 0. The van der Waals surface area contributed by atoms with E-state index in [2.05, 4.69) is 20.8 Å². The zero-order valence-corrected chi connectivity index (χ0v) is 14.2. The molecule has 0 aromatic heterocycles. The monoisotopic (exact) mass is 366 g/mol. The number of hydrogen-bond acceptors (Lipinski definition) is 4. The molecule has 118 valence electrons. The van der Waals surface area contributed by atoms with E-state index < -0.39 is 0 Å². The summed E-state index contributed by atoms with van der Waals surface area (Å²) < 4.78 is 6.63. The lowest BCUT2D eigenvalue weighted by molar-refractivity contribution is -0.127. The number of imide groups is 1. The number of carbonyl (C=O) groups is 2. The first kappa shape index (κ1) is 15.6. The summed E-state index contributed by atoms with van der Waals surface area (Å²) >= 11 is 3.36. The van der Waals surface area contributed by atoms with E-state index in [9.17, 15) is 9.59 Å². The first-order valence-electron chi connectivity index (χ1n) is 7.47. The van der Waals surface area contributed by atoms with Crippen molar-refractivity contribution >= 4 is 33.4 Å². The number of halogens is 1. The van der Waals surface area contributed by atoms with Crippen molar-refractivity contribution in [3.63, 3.8) is 0 Å². The molecule has 3 atom stereocenters. The van der Waals surface area contributed by atoms with Crippen molar-refractivity contribution in [2.24, 2.45) is 0 Å². The number of morpholine rings is 1. The average Bonchev–Trinajstić information content (AvgIpc) is 2.74. The summed E-state index contributed by atoms with van der Waals surface area (Å²) in [6.07, 6.45) is 0.399. The van der Waals surface area contributed by atoms with Crippen molar-refractivity contribution in [1.29, 1.82) is 0 Å². The normalized spacial score (nSPS) is 30.1. The van der Waals surface area contributed by atoms with Gasteiger partial charge in [-0.25, -0.2) is 4.90 Å². The molecule has 0 aliphatic carbocycles. The van der Waals surface area contributed by atoms with E-state index >= 15 is 0 Å². The first-order chi connectivity index (χ1) is 10.5. The second-order valence-corrected chi connectivity index (χ2v) is 6.89. The molecule has 2 saturated heterocycles. The molecule has 2 aliphatic rings. The van der Waals surface area contributed by atoms with E-state index in [0.29, 0.717) is 18.8 Å². The van der Waals surface area contributed by atoms with Gasteiger partial charge in [0, 0.05) is 17.6 Å². The maximum Gasteiger partial charge on any atom is 0.251 e. The van der Waals surface area contributed by atoms with Crippen LogP contribution in [-0.4, -0.2) is 48.1 Å². The molecule has 1 aromatic carbocycles. The molecule has 0 saturated carbocycles. The van der Waals surface area contributed by atoms with Crippen LogP contribution < -0.4 is 4.90 Å². The minimum atomic E-state index is -0.370. The van der Waals surface area contributed by atoms with Gasteiger partial charge in [-0.2, -0.15) is 0 Å². The fraction of sp³-hybridized carbons (Fsp3) is 0.500. The van der Waals surface area contributed by atoms with Gasteiger partial charge in [0.1, 0.15) is 0 Å². The summed E-state index contributed by atoms with van der Waals surface area (Å²) in [6, 6.07) is 6.87. The molecule has 0 spiro atoms.